The Kier molecular flexibility index (Phi) is 3.49. The van der Waals surface area contributed by atoms with Gasteiger partial charge in [-0.2, -0.15) is 0 Å². The Bertz CT molecular complexity index is 529. The Labute approximate surface area is 105 Å². The summed E-state index contributed by atoms with van der Waals surface area (Å²) in [4.78, 5) is 3.98. The van der Waals surface area contributed by atoms with Gasteiger partial charge in [-0.15, -0.1) is 0 Å². The van der Waals surface area contributed by atoms with Crippen molar-refractivity contribution in [3.05, 3.63) is 47.2 Å². The summed E-state index contributed by atoms with van der Waals surface area (Å²) >= 11 is 5.83. The molecule has 0 N–H and O–H groups in total. The molecule has 1 aromatic carbocycles. The fourth-order valence-corrected chi connectivity index (χ4v) is 1.53. The van der Waals surface area contributed by atoms with Crippen LogP contribution in [0.1, 0.15) is 5.56 Å². The number of halogens is 1. The number of hydrogen-bond acceptors (Lipinski definition) is 3. The molecule has 0 bridgehead atoms. The SMILES string of the molecule is COc1cccc(Oc2cc(Cl)ncc2C)c1. The van der Waals surface area contributed by atoms with Gasteiger partial charge in [-0.1, -0.05) is 17.7 Å². The van der Waals surface area contributed by atoms with Crippen molar-refractivity contribution in [2.24, 2.45) is 0 Å². The first-order valence-corrected chi connectivity index (χ1v) is 5.51. The van der Waals surface area contributed by atoms with Gasteiger partial charge >= 0.3 is 0 Å². The van der Waals surface area contributed by atoms with Crippen molar-refractivity contribution < 1.29 is 9.47 Å². The zero-order valence-corrected chi connectivity index (χ0v) is 10.4. The fraction of sp³-hybridized carbons (Fsp3) is 0.154. The van der Waals surface area contributed by atoms with E-state index in [0.29, 0.717) is 16.7 Å². The van der Waals surface area contributed by atoms with Gasteiger partial charge in [-0.05, 0) is 19.1 Å². The second-order valence-electron chi connectivity index (χ2n) is 3.55. The average molecular weight is 250 g/mol. The maximum Gasteiger partial charge on any atom is 0.134 e. The lowest BCUT2D eigenvalue weighted by Crippen LogP contribution is -1.90. The first-order valence-electron chi connectivity index (χ1n) is 5.13. The third-order valence-corrected chi connectivity index (χ3v) is 2.50. The molecular formula is C13H12ClNO2. The summed E-state index contributed by atoms with van der Waals surface area (Å²) in [5, 5.41) is 0.411. The number of methoxy groups -OCH3 is 1. The molecule has 88 valence electrons. The summed E-state index contributed by atoms with van der Waals surface area (Å²) < 4.78 is 10.9. The van der Waals surface area contributed by atoms with Crippen molar-refractivity contribution in [1.29, 1.82) is 0 Å². The minimum atomic E-state index is 0.411. The van der Waals surface area contributed by atoms with Gasteiger partial charge in [-0.3, -0.25) is 0 Å². The van der Waals surface area contributed by atoms with Gasteiger partial charge in [0.25, 0.3) is 0 Å². The highest BCUT2D eigenvalue weighted by Gasteiger charge is 2.04. The largest absolute Gasteiger partial charge is 0.497 e. The molecule has 0 unspecified atom stereocenters. The van der Waals surface area contributed by atoms with E-state index in [4.69, 9.17) is 21.1 Å². The number of benzene rings is 1. The number of ether oxygens (including phenoxy) is 2. The van der Waals surface area contributed by atoms with Crippen molar-refractivity contribution in [3.63, 3.8) is 0 Å². The van der Waals surface area contributed by atoms with Crippen LogP contribution in [-0.4, -0.2) is 12.1 Å². The van der Waals surface area contributed by atoms with E-state index in [1.54, 1.807) is 19.4 Å². The molecule has 1 aromatic heterocycles. The molecule has 0 aliphatic rings. The number of rotatable bonds is 3. The van der Waals surface area contributed by atoms with Crippen molar-refractivity contribution in [2.45, 2.75) is 6.92 Å². The Morgan fingerprint density at radius 2 is 1.94 bits per heavy atom. The second kappa shape index (κ2) is 5.06. The van der Waals surface area contributed by atoms with E-state index in [-0.39, 0.29) is 0 Å². The molecule has 3 nitrogen and oxygen atoms in total. The Morgan fingerprint density at radius 1 is 1.18 bits per heavy atom. The van der Waals surface area contributed by atoms with Gasteiger partial charge in [0, 0.05) is 23.9 Å². The van der Waals surface area contributed by atoms with Gasteiger partial charge in [0.1, 0.15) is 22.4 Å². The number of hydrogen-bond donors (Lipinski definition) is 0. The zero-order chi connectivity index (χ0) is 12.3. The Balaban J connectivity index is 2.27. The standard InChI is InChI=1S/C13H12ClNO2/c1-9-8-15-13(14)7-12(9)17-11-5-3-4-10(6-11)16-2/h3-8H,1-2H3. The molecule has 2 rings (SSSR count). The third kappa shape index (κ3) is 2.88. The van der Waals surface area contributed by atoms with Crippen molar-refractivity contribution in [3.8, 4) is 17.2 Å². The van der Waals surface area contributed by atoms with E-state index in [1.165, 1.54) is 0 Å². The van der Waals surface area contributed by atoms with E-state index < -0.39 is 0 Å². The summed E-state index contributed by atoms with van der Waals surface area (Å²) in [5.74, 6) is 2.15. The zero-order valence-electron chi connectivity index (χ0n) is 9.61. The van der Waals surface area contributed by atoms with E-state index >= 15 is 0 Å². The Morgan fingerprint density at radius 3 is 2.71 bits per heavy atom. The summed E-state index contributed by atoms with van der Waals surface area (Å²) in [7, 11) is 1.62. The molecule has 2 aromatic rings. The predicted molar refractivity (Wildman–Crippen MR) is 67.1 cm³/mol. The van der Waals surface area contributed by atoms with Gasteiger partial charge in [0.15, 0.2) is 0 Å². The molecule has 0 aliphatic carbocycles. The Hall–Kier alpha value is -1.74. The number of nitrogens with zero attached hydrogens (tertiary/aromatic N) is 1. The molecule has 0 aliphatic heterocycles. The first-order chi connectivity index (χ1) is 8.19. The maximum atomic E-state index is 5.83. The van der Waals surface area contributed by atoms with Crippen LogP contribution in [0.25, 0.3) is 0 Å². The van der Waals surface area contributed by atoms with Crippen molar-refractivity contribution >= 4 is 11.6 Å². The van der Waals surface area contributed by atoms with Crippen molar-refractivity contribution in [2.75, 3.05) is 7.11 Å². The van der Waals surface area contributed by atoms with E-state index in [2.05, 4.69) is 4.98 Å². The van der Waals surface area contributed by atoms with Crippen LogP contribution in [0, 0.1) is 6.92 Å². The number of pyridine rings is 1. The molecule has 1 heterocycles. The molecule has 4 heteroatoms. The average Bonchev–Trinajstić information content (AvgIpc) is 2.34. The van der Waals surface area contributed by atoms with Crippen LogP contribution < -0.4 is 9.47 Å². The van der Waals surface area contributed by atoms with Crippen LogP contribution in [0.15, 0.2) is 36.5 Å². The number of aryl methyl sites for hydroxylation is 1. The molecule has 17 heavy (non-hydrogen) atoms. The van der Waals surface area contributed by atoms with Crippen LogP contribution in [-0.2, 0) is 0 Å². The van der Waals surface area contributed by atoms with Gasteiger partial charge in [0.2, 0.25) is 0 Å². The lowest BCUT2D eigenvalue weighted by Gasteiger charge is -2.09. The molecule has 0 atom stereocenters. The second-order valence-corrected chi connectivity index (χ2v) is 3.94. The minimum Gasteiger partial charge on any atom is -0.497 e. The maximum absolute atomic E-state index is 5.83. The molecule has 0 amide bonds. The molecule has 0 saturated heterocycles. The van der Waals surface area contributed by atoms with Gasteiger partial charge in [0.05, 0.1) is 7.11 Å². The van der Waals surface area contributed by atoms with E-state index in [9.17, 15) is 0 Å². The summed E-state index contributed by atoms with van der Waals surface area (Å²) in [6.45, 7) is 1.92. The summed E-state index contributed by atoms with van der Waals surface area (Å²) in [6, 6.07) is 9.09. The minimum absolute atomic E-state index is 0.411. The fourth-order valence-electron chi connectivity index (χ4n) is 1.38. The van der Waals surface area contributed by atoms with Crippen LogP contribution in [0.2, 0.25) is 5.15 Å². The van der Waals surface area contributed by atoms with Crippen LogP contribution >= 0.6 is 11.6 Å². The van der Waals surface area contributed by atoms with E-state index in [1.807, 2.05) is 31.2 Å². The van der Waals surface area contributed by atoms with E-state index in [0.717, 1.165) is 11.3 Å². The molecule has 0 saturated carbocycles. The van der Waals surface area contributed by atoms with Gasteiger partial charge in [-0.25, -0.2) is 4.98 Å². The highest BCUT2D eigenvalue weighted by Crippen LogP contribution is 2.28. The highest BCUT2D eigenvalue weighted by atomic mass is 35.5. The smallest absolute Gasteiger partial charge is 0.134 e. The van der Waals surface area contributed by atoms with Gasteiger partial charge < -0.3 is 9.47 Å². The third-order valence-electron chi connectivity index (χ3n) is 2.29. The lowest BCUT2D eigenvalue weighted by atomic mass is 10.3. The van der Waals surface area contributed by atoms with Crippen LogP contribution in [0.3, 0.4) is 0 Å². The predicted octanol–water partition coefficient (Wildman–Crippen LogP) is 3.84. The number of aromatic nitrogens is 1. The summed E-state index contributed by atoms with van der Waals surface area (Å²) in [6.07, 6.45) is 1.68. The summed E-state index contributed by atoms with van der Waals surface area (Å²) in [5.41, 5.74) is 0.928. The lowest BCUT2D eigenvalue weighted by molar-refractivity contribution is 0.408. The normalized spacial score (nSPS) is 10.1. The van der Waals surface area contributed by atoms with Crippen LogP contribution in [0.4, 0.5) is 0 Å². The quantitative estimate of drug-likeness (QED) is 0.775. The molecule has 0 radical (unpaired) electrons. The monoisotopic (exact) mass is 249 g/mol. The van der Waals surface area contributed by atoms with Crippen LogP contribution in [0.5, 0.6) is 17.2 Å². The molecule has 0 fully saturated rings. The topological polar surface area (TPSA) is 31.4 Å². The molecule has 0 spiro atoms. The first kappa shape index (κ1) is 11.7. The highest BCUT2D eigenvalue weighted by molar-refractivity contribution is 6.29. The molecular weight excluding hydrogens is 238 g/mol. The van der Waals surface area contributed by atoms with Crippen molar-refractivity contribution in [1.82, 2.24) is 4.98 Å².